The number of benzene rings is 2. The Morgan fingerprint density at radius 1 is 0.955 bits per heavy atom. The number of hydrogen-bond donors (Lipinski definition) is 1. The molecule has 22 heavy (non-hydrogen) atoms. The standard InChI is InChI=1S/C17H14O5/c1-17(2)21-15(19)13(16(20)22-17)14(18)12-9-5-7-10-6-3-4-8-11(10)12/h3-9,18H,1-2H3. The lowest BCUT2D eigenvalue weighted by atomic mass is 10.00. The Morgan fingerprint density at radius 2 is 1.55 bits per heavy atom. The van der Waals surface area contributed by atoms with E-state index in [1.54, 1.807) is 18.2 Å². The summed E-state index contributed by atoms with van der Waals surface area (Å²) in [6.07, 6.45) is 0. The van der Waals surface area contributed by atoms with Crippen molar-refractivity contribution in [2.45, 2.75) is 19.6 Å². The van der Waals surface area contributed by atoms with Gasteiger partial charge in [-0.2, -0.15) is 0 Å². The van der Waals surface area contributed by atoms with Crippen molar-refractivity contribution < 1.29 is 24.2 Å². The summed E-state index contributed by atoms with van der Waals surface area (Å²) >= 11 is 0. The molecule has 0 aliphatic carbocycles. The molecule has 0 saturated carbocycles. The SMILES string of the molecule is CC1(C)OC(=O)C(=C(O)c2cccc3ccccc23)C(=O)O1. The lowest BCUT2D eigenvalue weighted by Crippen LogP contribution is -2.42. The van der Waals surface area contributed by atoms with E-state index >= 15 is 0 Å². The molecule has 2 aromatic rings. The molecule has 1 N–H and O–H groups in total. The van der Waals surface area contributed by atoms with Crippen molar-refractivity contribution in [2.24, 2.45) is 0 Å². The highest BCUT2D eigenvalue weighted by molar-refractivity contribution is 6.21. The highest BCUT2D eigenvalue weighted by Crippen LogP contribution is 2.30. The van der Waals surface area contributed by atoms with Crippen molar-refractivity contribution in [1.82, 2.24) is 0 Å². The van der Waals surface area contributed by atoms with Crippen molar-refractivity contribution in [3.05, 3.63) is 53.6 Å². The zero-order valence-electron chi connectivity index (χ0n) is 12.1. The molecule has 1 saturated heterocycles. The average Bonchev–Trinajstić information content (AvgIpc) is 2.44. The van der Waals surface area contributed by atoms with Crippen molar-refractivity contribution in [3.63, 3.8) is 0 Å². The summed E-state index contributed by atoms with van der Waals surface area (Å²) in [6.45, 7) is 2.91. The maximum atomic E-state index is 12.0. The predicted octanol–water partition coefficient (Wildman–Crippen LogP) is 2.95. The van der Waals surface area contributed by atoms with Crippen LogP contribution in [0.25, 0.3) is 16.5 Å². The summed E-state index contributed by atoms with van der Waals surface area (Å²) in [6, 6.07) is 12.6. The molecule has 0 unspecified atom stereocenters. The van der Waals surface area contributed by atoms with Gasteiger partial charge < -0.3 is 14.6 Å². The molecular weight excluding hydrogens is 284 g/mol. The molecule has 0 atom stereocenters. The maximum Gasteiger partial charge on any atom is 0.352 e. The number of ether oxygens (including phenoxy) is 2. The molecule has 0 bridgehead atoms. The van der Waals surface area contributed by atoms with Gasteiger partial charge in [-0.1, -0.05) is 42.5 Å². The number of fused-ring (bicyclic) bond motifs is 1. The van der Waals surface area contributed by atoms with Crippen LogP contribution in [0.4, 0.5) is 0 Å². The number of rotatable bonds is 1. The van der Waals surface area contributed by atoms with Gasteiger partial charge in [-0.25, -0.2) is 9.59 Å². The van der Waals surface area contributed by atoms with E-state index in [0.717, 1.165) is 10.8 Å². The molecule has 5 nitrogen and oxygen atoms in total. The number of esters is 2. The zero-order chi connectivity index (χ0) is 15.9. The molecule has 0 radical (unpaired) electrons. The van der Waals surface area contributed by atoms with Gasteiger partial charge in [-0.15, -0.1) is 0 Å². The van der Waals surface area contributed by atoms with Crippen molar-refractivity contribution >= 4 is 28.5 Å². The molecule has 2 aromatic carbocycles. The first-order valence-electron chi connectivity index (χ1n) is 6.77. The summed E-state index contributed by atoms with van der Waals surface area (Å²) in [5, 5.41) is 12.0. The molecule has 1 fully saturated rings. The average molecular weight is 298 g/mol. The fourth-order valence-corrected chi connectivity index (χ4v) is 2.41. The van der Waals surface area contributed by atoms with E-state index in [-0.39, 0.29) is 0 Å². The first kappa shape index (κ1) is 14.1. The van der Waals surface area contributed by atoms with E-state index in [9.17, 15) is 14.7 Å². The molecule has 1 aliphatic heterocycles. The van der Waals surface area contributed by atoms with Crippen LogP contribution in [0.2, 0.25) is 0 Å². The molecule has 0 spiro atoms. The van der Waals surface area contributed by atoms with Crippen molar-refractivity contribution in [2.75, 3.05) is 0 Å². The first-order chi connectivity index (χ1) is 10.4. The van der Waals surface area contributed by atoms with Crippen molar-refractivity contribution in [3.8, 4) is 0 Å². The Kier molecular flexibility index (Phi) is 3.13. The van der Waals surface area contributed by atoms with Crippen LogP contribution in [-0.4, -0.2) is 22.8 Å². The Morgan fingerprint density at radius 3 is 2.23 bits per heavy atom. The van der Waals surface area contributed by atoms with Gasteiger partial charge in [-0.3, -0.25) is 0 Å². The highest BCUT2D eigenvalue weighted by Gasteiger charge is 2.41. The number of hydrogen-bond acceptors (Lipinski definition) is 5. The highest BCUT2D eigenvalue weighted by atomic mass is 16.7. The van der Waals surface area contributed by atoms with E-state index < -0.39 is 29.1 Å². The minimum Gasteiger partial charge on any atom is -0.506 e. The third-order valence-electron chi connectivity index (χ3n) is 3.37. The maximum absolute atomic E-state index is 12.0. The Balaban J connectivity index is 2.18. The van der Waals surface area contributed by atoms with Crippen LogP contribution >= 0.6 is 0 Å². The Bertz CT molecular complexity index is 789. The van der Waals surface area contributed by atoms with Gasteiger partial charge in [0.15, 0.2) is 5.57 Å². The summed E-state index contributed by atoms with van der Waals surface area (Å²) in [5.41, 5.74) is -0.114. The molecule has 1 aliphatic rings. The van der Waals surface area contributed by atoms with Crippen LogP contribution in [0.15, 0.2) is 48.0 Å². The fourth-order valence-electron chi connectivity index (χ4n) is 2.41. The Labute approximate surface area is 126 Å². The van der Waals surface area contributed by atoms with Gasteiger partial charge in [0.05, 0.1) is 0 Å². The first-order valence-corrected chi connectivity index (χ1v) is 6.77. The number of carbonyl (C=O) groups is 2. The van der Waals surface area contributed by atoms with E-state index in [0.29, 0.717) is 5.56 Å². The quantitative estimate of drug-likeness (QED) is 0.379. The van der Waals surface area contributed by atoms with Crippen LogP contribution < -0.4 is 0 Å². The summed E-state index contributed by atoms with van der Waals surface area (Å²) in [4.78, 5) is 24.1. The number of carbonyl (C=O) groups excluding carboxylic acids is 2. The van der Waals surface area contributed by atoms with Crippen LogP contribution in [-0.2, 0) is 19.1 Å². The van der Waals surface area contributed by atoms with Crippen LogP contribution in [0.3, 0.4) is 0 Å². The lowest BCUT2D eigenvalue weighted by molar-refractivity contribution is -0.222. The van der Waals surface area contributed by atoms with E-state index in [1.165, 1.54) is 13.8 Å². The lowest BCUT2D eigenvalue weighted by Gasteiger charge is -2.30. The monoisotopic (exact) mass is 298 g/mol. The number of aliphatic hydroxyl groups excluding tert-OH is 1. The van der Waals surface area contributed by atoms with E-state index in [2.05, 4.69) is 0 Å². The minimum atomic E-state index is -1.34. The van der Waals surface area contributed by atoms with Crippen molar-refractivity contribution in [1.29, 1.82) is 0 Å². The molecule has 1 heterocycles. The predicted molar refractivity (Wildman–Crippen MR) is 79.8 cm³/mol. The van der Waals surface area contributed by atoms with Crippen LogP contribution in [0.5, 0.6) is 0 Å². The number of cyclic esters (lactones) is 2. The van der Waals surface area contributed by atoms with Gasteiger partial charge in [-0.05, 0) is 10.8 Å². The summed E-state index contributed by atoms with van der Waals surface area (Å²) in [5.74, 6) is -3.57. The van der Waals surface area contributed by atoms with Crippen LogP contribution in [0, 0.1) is 0 Å². The normalized spacial score (nSPS) is 17.1. The second-order valence-electron chi connectivity index (χ2n) is 5.43. The van der Waals surface area contributed by atoms with E-state index in [1.807, 2.05) is 24.3 Å². The summed E-state index contributed by atoms with van der Waals surface area (Å²) < 4.78 is 10.0. The largest absolute Gasteiger partial charge is 0.506 e. The molecule has 0 aromatic heterocycles. The van der Waals surface area contributed by atoms with Gasteiger partial charge in [0.25, 0.3) is 5.79 Å². The smallest absolute Gasteiger partial charge is 0.352 e. The van der Waals surface area contributed by atoms with Crippen LogP contribution in [0.1, 0.15) is 19.4 Å². The zero-order valence-corrected chi connectivity index (χ0v) is 12.1. The second kappa shape index (κ2) is 4.87. The topological polar surface area (TPSA) is 72.8 Å². The molecule has 5 heteroatoms. The van der Waals surface area contributed by atoms with Gasteiger partial charge in [0.1, 0.15) is 5.76 Å². The Hall–Kier alpha value is -2.82. The second-order valence-corrected chi connectivity index (χ2v) is 5.43. The fraction of sp³-hybridized carbons (Fsp3) is 0.176. The van der Waals surface area contributed by atoms with Gasteiger partial charge in [0.2, 0.25) is 0 Å². The summed E-state index contributed by atoms with van der Waals surface area (Å²) in [7, 11) is 0. The molecule has 0 amide bonds. The number of aliphatic hydroxyl groups is 1. The van der Waals surface area contributed by atoms with Gasteiger partial charge >= 0.3 is 11.9 Å². The van der Waals surface area contributed by atoms with Gasteiger partial charge in [0, 0.05) is 19.4 Å². The molecular formula is C17H14O5. The van der Waals surface area contributed by atoms with E-state index in [4.69, 9.17) is 9.47 Å². The minimum absolute atomic E-state index is 0.377. The molecule has 112 valence electrons. The molecule has 3 rings (SSSR count). The third-order valence-corrected chi connectivity index (χ3v) is 3.37. The third kappa shape index (κ3) is 2.30.